The number of nitrogens with one attached hydrogen (secondary N) is 1. The molecule has 2 aromatic rings. The van der Waals surface area contributed by atoms with E-state index in [1.54, 1.807) is 19.1 Å². The molecule has 0 fully saturated rings. The lowest BCUT2D eigenvalue weighted by molar-refractivity contribution is 0.0897. The zero-order valence-corrected chi connectivity index (χ0v) is 11.0. The summed E-state index contributed by atoms with van der Waals surface area (Å²) in [6.45, 7) is 3.81. The van der Waals surface area contributed by atoms with Gasteiger partial charge < -0.3 is 14.8 Å². The first-order chi connectivity index (χ1) is 9.08. The lowest BCUT2D eigenvalue weighted by Crippen LogP contribution is -2.30. The minimum Gasteiger partial charge on any atom is -0.451 e. The molecule has 0 radical (unpaired) electrons. The second-order valence-electron chi connectivity index (χ2n) is 4.54. The van der Waals surface area contributed by atoms with Crippen molar-refractivity contribution >= 4 is 5.91 Å². The van der Waals surface area contributed by atoms with Crippen molar-refractivity contribution in [3.8, 4) is 11.3 Å². The predicted octanol–water partition coefficient (Wildman–Crippen LogP) is 2.37. The van der Waals surface area contributed by atoms with Gasteiger partial charge in [0.2, 0.25) is 0 Å². The molecule has 1 aromatic heterocycles. The van der Waals surface area contributed by atoms with Crippen LogP contribution in [0.2, 0.25) is 0 Å². The van der Waals surface area contributed by atoms with Crippen LogP contribution in [0.5, 0.6) is 0 Å². The van der Waals surface area contributed by atoms with E-state index in [0.29, 0.717) is 5.76 Å². The average molecular weight is 259 g/mol. The van der Waals surface area contributed by atoms with Gasteiger partial charge >= 0.3 is 0 Å². The smallest absolute Gasteiger partial charge is 0.287 e. The zero-order chi connectivity index (χ0) is 13.8. The van der Waals surface area contributed by atoms with Crippen LogP contribution < -0.4 is 5.32 Å². The molecule has 1 unspecified atom stereocenters. The van der Waals surface area contributed by atoms with Crippen LogP contribution in [0.4, 0.5) is 0 Å². The zero-order valence-electron chi connectivity index (χ0n) is 11.0. The van der Waals surface area contributed by atoms with Crippen LogP contribution in [0.1, 0.15) is 23.0 Å². The Morgan fingerprint density at radius 2 is 2.05 bits per heavy atom. The van der Waals surface area contributed by atoms with Crippen LogP contribution in [0.15, 0.2) is 40.8 Å². The van der Waals surface area contributed by atoms with Crippen LogP contribution in [0.3, 0.4) is 0 Å². The lowest BCUT2D eigenvalue weighted by atomic mass is 10.1. The van der Waals surface area contributed by atoms with E-state index in [4.69, 9.17) is 9.52 Å². The molecule has 2 N–H and O–H groups in total. The van der Waals surface area contributed by atoms with Crippen molar-refractivity contribution in [1.29, 1.82) is 0 Å². The van der Waals surface area contributed by atoms with Gasteiger partial charge in [-0.3, -0.25) is 4.79 Å². The van der Waals surface area contributed by atoms with E-state index < -0.39 is 6.10 Å². The minimum atomic E-state index is -0.574. The number of rotatable bonds is 4. The second-order valence-corrected chi connectivity index (χ2v) is 4.54. The number of furan rings is 1. The Hall–Kier alpha value is -2.07. The van der Waals surface area contributed by atoms with Crippen LogP contribution in [0, 0.1) is 6.92 Å². The third-order valence-electron chi connectivity index (χ3n) is 2.80. The maximum atomic E-state index is 11.8. The van der Waals surface area contributed by atoms with E-state index in [0.717, 1.165) is 11.1 Å². The first-order valence-corrected chi connectivity index (χ1v) is 6.20. The molecule has 0 aliphatic rings. The molecule has 0 saturated carbocycles. The number of benzene rings is 1. The molecule has 0 saturated heterocycles. The fourth-order valence-corrected chi connectivity index (χ4v) is 1.78. The van der Waals surface area contributed by atoms with Crippen molar-refractivity contribution in [3.05, 3.63) is 47.7 Å². The van der Waals surface area contributed by atoms with E-state index >= 15 is 0 Å². The Morgan fingerprint density at radius 3 is 2.74 bits per heavy atom. The SMILES string of the molecule is Cc1ccccc1-c1ccc(C(=O)NCC(C)O)o1. The molecule has 0 bridgehead atoms. The third-order valence-corrected chi connectivity index (χ3v) is 2.80. The van der Waals surface area contributed by atoms with Gasteiger partial charge in [0.15, 0.2) is 5.76 Å². The standard InChI is InChI=1S/C15H17NO3/c1-10-5-3-4-6-12(10)13-7-8-14(19-13)15(18)16-9-11(2)17/h3-8,11,17H,9H2,1-2H3,(H,16,18). The summed E-state index contributed by atoms with van der Waals surface area (Å²) in [7, 11) is 0. The molecular formula is C15H17NO3. The molecule has 2 rings (SSSR count). The average Bonchev–Trinajstić information content (AvgIpc) is 2.86. The molecule has 1 amide bonds. The molecule has 100 valence electrons. The summed E-state index contributed by atoms with van der Waals surface area (Å²) in [4.78, 5) is 11.8. The molecule has 0 aliphatic heterocycles. The molecule has 4 heteroatoms. The summed E-state index contributed by atoms with van der Waals surface area (Å²) in [6, 6.07) is 11.2. The van der Waals surface area contributed by atoms with Crippen LogP contribution in [0.25, 0.3) is 11.3 Å². The van der Waals surface area contributed by atoms with E-state index in [1.165, 1.54) is 0 Å². The highest BCUT2D eigenvalue weighted by atomic mass is 16.4. The highest BCUT2D eigenvalue weighted by Crippen LogP contribution is 2.25. The van der Waals surface area contributed by atoms with Crippen molar-refractivity contribution < 1.29 is 14.3 Å². The first kappa shape index (κ1) is 13.4. The molecule has 19 heavy (non-hydrogen) atoms. The Morgan fingerprint density at radius 1 is 1.32 bits per heavy atom. The monoisotopic (exact) mass is 259 g/mol. The van der Waals surface area contributed by atoms with Gasteiger partial charge in [-0.05, 0) is 31.5 Å². The van der Waals surface area contributed by atoms with E-state index in [9.17, 15) is 4.79 Å². The normalized spacial score (nSPS) is 12.2. The number of hydrogen-bond acceptors (Lipinski definition) is 3. The Labute approximate surface area is 112 Å². The lowest BCUT2D eigenvalue weighted by Gasteiger charge is -2.05. The van der Waals surface area contributed by atoms with Gasteiger partial charge in [0, 0.05) is 12.1 Å². The molecule has 0 spiro atoms. The Balaban J connectivity index is 2.15. The highest BCUT2D eigenvalue weighted by Gasteiger charge is 2.13. The van der Waals surface area contributed by atoms with Crippen molar-refractivity contribution in [1.82, 2.24) is 5.32 Å². The van der Waals surface area contributed by atoms with Gasteiger partial charge in [-0.25, -0.2) is 0 Å². The Kier molecular flexibility index (Phi) is 4.02. The molecule has 0 aliphatic carbocycles. The van der Waals surface area contributed by atoms with Gasteiger partial charge in [0.25, 0.3) is 5.91 Å². The molecule has 1 atom stereocenters. The fourth-order valence-electron chi connectivity index (χ4n) is 1.78. The van der Waals surface area contributed by atoms with Crippen LogP contribution in [-0.4, -0.2) is 23.7 Å². The largest absolute Gasteiger partial charge is 0.451 e. The fraction of sp³-hybridized carbons (Fsp3) is 0.267. The van der Waals surface area contributed by atoms with Gasteiger partial charge in [-0.1, -0.05) is 24.3 Å². The highest BCUT2D eigenvalue weighted by molar-refractivity contribution is 5.92. The predicted molar refractivity (Wildman–Crippen MR) is 72.9 cm³/mol. The van der Waals surface area contributed by atoms with Crippen molar-refractivity contribution in [2.45, 2.75) is 20.0 Å². The van der Waals surface area contributed by atoms with Crippen molar-refractivity contribution in [2.24, 2.45) is 0 Å². The number of aliphatic hydroxyl groups excluding tert-OH is 1. The van der Waals surface area contributed by atoms with Gasteiger partial charge in [-0.2, -0.15) is 0 Å². The van der Waals surface area contributed by atoms with E-state index in [2.05, 4.69) is 5.32 Å². The van der Waals surface area contributed by atoms with Gasteiger partial charge in [0.1, 0.15) is 5.76 Å². The van der Waals surface area contributed by atoms with E-state index in [1.807, 2.05) is 31.2 Å². The topological polar surface area (TPSA) is 62.5 Å². The summed E-state index contributed by atoms with van der Waals surface area (Å²) in [6.07, 6.45) is -0.574. The van der Waals surface area contributed by atoms with Crippen LogP contribution >= 0.6 is 0 Å². The molecule has 1 heterocycles. The minimum absolute atomic E-state index is 0.208. The summed E-state index contributed by atoms with van der Waals surface area (Å²) >= 11 is 0. The molecule has 4 nitrogen and oxygen atoms in total. The number of carbonyl (C=O) groups excluding carboxylic acids is 1. The molecular weight excluding hydrogens is 242 g/mol. The summed E-state index contributed by atoms with van der Waals surface area (Å²) < 4.78 is 5.55. The third kappa shape index (κ3) is 3.23. The van der Waals surface area contributed by atoms with Crippen molar-refractivity contribution in [2.75, 3.05) is 6.54 Å². The summed E-state index contributed by atoms with van der Waals surface area (Å²) in [5.41, 5.74) is 2.06. The van der Waals surface area contributed by atoms with Crippen molar-refractivity contribution in [3.63, 3.8) is 0 Å². The Bertz CT molecular complexity index is 572. The number of hydrogen-bond donors (Lipinski definition) is 2. The maximum absolute atomic E-state index is 11.8. The summed E-state index contributed by atoms with van der Waals surface area (Å²) in [5.74, 6) is 0.597. The first-order valence-electron chi connectivity index (χ1n) is 6.20. The number of carbonyl (C=O) groups is 1. The maximum Gasteiger partial charge on any atom is 0.287 e. The number of amides is 1. The van der Waals surface area contributed by atoms with Gasteiger partial charge in [-0.15, -0.1) is 0 Å². The van der Waals surface area contributed by atoms with E-state index in [-0.39, 0.29) is 18.2 Å². The summed E-state index contributed by atoms with van der Waals surface area (Å²) in [5, 5.41) is 11.7. The number of aliphatic hydroxyl groups is 1. The van der Waals surface area contributed by atoms with Crippen LogP contribution in [-0.2, 0) is 0 Å². The quantitative estimate of drug-likeness (QED) is 0.886. The van der Waals surface area contributed by atoms with Gasteiger partial charge in [0.05, 0.1) is 6.10 Å². The molecule has 1 aromatic carbocycles. The second kappa shape index (κ2) is 5.71. The number of aryl methyl sites for hydroxylation is 1.